The maximum atomic E-state index is 10.9. The van der Waals surface area contributed by atoms with Gasteiger partial charge in [0.1, 0.15) is 23.6 Å². The fourth-order valence-corrected chi connectivity index (χ4v) is 1.66. The lowest BCUT2D eigenvalue weighted by Crippen LogP contribution is -2.34. The van der Waals surface area contributed by atoms with Crippen molar-refractivity contribution < 1.29 is 9.90 Å². The van der Waals surface area contributed by atoms with Crippen LogP contribution in [0.15, 0.2) is 0 Å². The fourth-order valence-electron chi connectivity index (χ4n) is 1.66. The monoisotopic (exact) mass is 295 g/mol. The van der Waals surface area contributed by atoms with E-state index in [4.69, 9.17) is 5.73 Å². The van der Waals surface area contributed by atoms with E-state index in [2.05, 4.69) is 20.6 Å². The normalized spacial score (nSPS) is 12.9. The zero-order valence-electron chi connectivity index (χ0n) is 13.3. The van der Waals surface area contributed by atoms with Gasteiger partial charge in [0.25, 0.3) is 0 Å². The molecule has 0 radical (unpaired) electrons. The number of hydrogen-bond acceptors (Lipinski definition) is 6. The van der Waals surface area contributed by atoms with Crippen molar-refractivity contribution in [2.75, 3.05) is 23.7 Å². The number of rotatable bonds is 6. The van der Waals surface area contributed by atoms with E-state index in [1.807, 2.05) is 34.6 Å². The topological polar surface area (TPSA) is 113 Å². The Morgan fingerprint density at radius 3 is 2.24 bits per heavy atom. The number of amides is 1. The van der Waals surface area contributed by atoms with Crippen LogP contribution in [-0.4, -0.2) is 40.2 Å². The van der Waals surface area contributed by atoms with Gasteiger partial charge >= 0.3 is 0 Å². The maximum absolute atomic E-state index is 10.9. The van der Waals surface area contributed by atoms with Gasteiger partial charge in [-0.2, -0.15) is 0 Å². The van der Waals surface area contributed by atoms with Crippen molar-refractivity contribution in [3.63, 3.8) is 0 Å². The van der Waals surface area contributed by atoms with Crippen LogP contribution >= 0.6 is 0 Å². The van der Waals surface area contributed by atoms with Crippen LogP contribution < -0.4 is 16.4 Å². The number of primary amides is 1. The van der Waals surface area contributed by atoms with Gasteiger partial charge in [-0.3, -0.25) is 4.79 Å². The minimum Gasteiger partial charge on any atom is -0.381 e. The average molecular weight is 295 g/mol. The molecule has 0 aromatic carbocycles. The molecule has 1 amide bonds. The number of carbonyl (C=O) groups excluding carboxylic acids is 1. The molecule has 0 saturated heterocycles. The number of nitrogens with one attached hydrogen (secondary N) is 2. The summed E-state index contributed by atoms with van der Waals surface area (Å²) in [5.74, 6) is 1.25. The van der Waals surface area contributed by atoms with Crippen molar-refractivity contribution in [3.05, 3.63) is 11.4 Å². The average Bonchev–Trinajstić information content (AvgIpc) is 2.38. The smallest absolute Gasteiger partial charge is 0.248 e. The summed E-state index contributed by atoms with van der Waals surface area (Å²) in [7, 11) is 0. The van der Waals surface area contributed by atoms with Crippen LogP contribution in [0.1, 0.15) is 39.1 Å². The molecule has 0 spiro atoms. The molecule has 0 saturated carbocycles. The van der Waals surface area contributed by atoms with Crippen LogP contribution in [0.4, 0.5) is 11.6 Å². The summed E-state index contributed by atoms with van der Waals surface area (Å²) in [6, 6.07) is 0. The molecule has 1 heterocycles. The highest BCUT2D eigenvalue weighted by Crippen LogP contribution is 2.26. The summed E-state index contributed by atoms with van der Waals surface area (Å²) >= 11 is 0. The molecule has 1 aromatic rings. The van der Waals surface area contributed by atoms with Crippen LogP contribution in [0.5, 0.6) is 0 Å². The van der Waals surface area contributed by atoms with E-state index in [0.29, 0.717) is 11.6 Å². The second-order valence-electron chi connectivity index (χ2n) is 5.95. The highest BCUT2D eigenvalue weighted by atomic mass is 16.3. The summed E-state index contributed by atoms with van der Waals surface area (Å²) < 4.78 is 0. The Balaban J connectivity index is 3.11. The molecule has 118 valence electrons. The maximum Gasteiger partial charge on any atom is 0.248 e. The zero-order chi connectivity index (χ0) is 16.2. The molecular formula is C14H25N5O2. The Morgan fingerprint density at radius 1 is 1.29 bits per heavy atom. The molecule has 5 N–H and O–H groups in total. The van der Waals surface area contributed by atoms with E-state index in [1.165, 1.54) is 0 Å². The zero-order valence-corrected chi connectivity index (χ0v) is 13.3. The van der Waals surface area contributed by atoms with E-state index < -0.39 is 12.0 Å². The van der Waals surface area contributed by atoms with Crippen molar-refractivity contribution in [3.8, 4) is 0 Å². The minimum absolute atomic E-state index is 0.0162. The van der Waals surface area contributed by atoms with Crippen molar-refractivity contribution in [2.45, 2.75) is 46.1 Å². The number of nitrogens with zero attached hydrogens (tertiary/aromatic N) is 2. The predicted molar refractivity (Wildman–Crippen MR) is 83.3 cm³/mol. The van der Waals surface area contributed by atoms with E-state index in [0.717, 1.165) is 17.9 Å². The second kappa shape index (κ2) is 6.71. The predicted octanol–water partition coefficient (Wildman–Crippen LogP) is 0.772. The molecule has 0 aliphatic heterocycles. The van der Waals surface area contributed by atoms with Crippen LogP contribution in [0, 0.1) is 6.92 Å². The lowest BCUT2D eigenvalue weighted by Gasteiger charge is -2.21. The van der Waals surface area contributed by atoms with E-state index in [-0.39, 0.29) is 12.0 Å². The number of aliphatic hydroxyl groups excluding tert-OH is 1. The Morgan fingerprint density at radius 2 is 1.81 bits per heavy atom. The molecule has 0 aliphatic rings. The fraction of sp³-hybridized carbons (Fsp3) is 0.643. The first-order chi connectivity index (χ1) is 9.66. The minimum atomic E-state index is -1.25. The summed E-state index contributed by atoms with van der Waals surface area (Å²) in [5.41, 5.74) is 5.66. The van der Waals surface area contributed by atoms with Crippen LogP contribution in [0.3, 0.4) is 0 Å². The van der Waals surface area contributed by atoms with E-state index in [9.17, 15) is 9.90 Å². The Bertz CT molecular complexity index is 511. The third-order valence-corrected chi connectivity index (χ3v) is 2.95. The number of aliphatic hydroxyl groups is 1. The quantitative estimate of drug-likeness (QED) is 0.616. The summed E-state index contributed by atoms with van der Waals surface area (Å²) in [6.07, 6.45) is -1.25. The van der Waals surface area contributed by atoms with Gasteiger partial charge in [-0.15, -0.1) is 0 Å². The van der Waals surface area contributed by atoms with E-state index >= 15 is 0 Å². The van der Waals surface area contributed by atoms with E-state index in [1.54, 1.807) is 0 Å². The molecular weight excluding hydrogens is 270 g/mol. The molecule has 0 bridgehead atoms. The summed E-state index contributed by atoms with van der Waals surface area (Å²) in [6.45, 7) is 10.7. The molecule has 0 fully saturated rings. The number of carbonyl (C=O) groups is 1. The molecule has 21 heavy (non-hydrogen) atoms. The summed E-state index contributed by atoms with van der Waals surface area (Å²) in [4.78, 5) is 19.9. The molecule has 1 unspecified atom stereocenters. The number of nitrogens with two attached hydrogens (primary N) is 1. The molecule has 1 aromatic heterocycles. The summed E-state index contributed by atoms with van der Waals surface area (Å²) in [5, 5.41) is 15.6. The van der Waals surface area contributed by atoms with Gasteiger partial charge in [-0.05, 0) is 13.8 Å². The van der Waals surface area contributed by atoms with Gasteiger partial charge in [-0.1, -0.05) is 20.8 Å². The number of hydrogen-bond donors (Lipinski definition) is 4. The SMILES string of the molecule is CCNc1nc(C(C)(C)C)nc(NCC(O)C(N)=O)c1C. The molecule has 1 rings (SSSR count). The van der Waals surface area contributed by atoms with Gasteiger partial charge in [0.2, 0.25) is 5.91 Å². The first-order valence-corrected chi connectivity index (χ1v) is 7.01. The lowest BCUT2D eigenvalue weighted by atomic mass is 9.95. The van der Waals surface area contributed by atoms with Crippen LogP contribution in [0.25, 0.3) is 0 Å². The highest BCUT2D eigenvalue weighted by Gasteiger charge is 2.21. The third kappa shape index (κ3) is 4.56. The van der Waals surface area contributed by atoms with Crippen LogP contribution in [0.2, 0.25) is 0 Å². The molecule has 1 atom stereocenters. The van der Waals surface area contributed by atoms with Crippen molar-refractivity contribution in [2.24, 2.45) is 5.73 Å². The first-order valence-electron chi connectivity index (χ1n) is 7.01. The largest absolute Gasteiger partial charge is 0.381 e. The first kappa shape index (κ1) is 17.2. The highest BCUT2D eigenvalue weighted by molar-refractivity contribution is 5.79. The van der Waals surface area contributed by atoms with Gasteiger partial charge < -0.3 is 21.5 Å². The number of aromatic nitrogens is 2. The van der Waals surface area contributed by atoms with Crippen molar-refractivity contribution >= 4 is 17.5 Å². The van der Waals surface area contributed by atoms with Gasteiger partial charge in [-0.25, -0.2) is 9.97 Å². The van der Waals surface area contributed by atoms with Crippen molar-refractivity contribution in [1.82, 2.24) is 9.97 Å². The van der Waals surface area contributed by atoms with Crippen LogP contribution in [-0.2, 0) is 10.2 Å². The molecule has 7 nitrogen and oxygen atoms in total. The Labute approximate surface area is 125 Å². The second-order valence-corrected chi connectivity index (χ2v) is 5.95. The van der Waals surface area contributed by atoms with Gasteiger partial charge in [0, 0.05) is 17.5 Å². The molecule has 7 heteroatoms. The standard InChI is InChI=1S/C14H25N5O2/c1-6-16-11-8(2)12(17-7-9(20)10(15)21)19-13(18-11)14(3,4)5/h9,20H,6-7H2,1-5H3,(H2,15,21)(H2,16,17,18,19). The van der Waals surface area contributed by atoms with Gasteiger partial charge in [0.15, 0.2) is 0 Å². The third-order valence-electron chi connectivity index (χ3n) is 2.95. The lowest BCUT2D eigenvalue weighted by molar-refractivity contribution is -0.125. The van der Waals surface area contributed by atoms with Crippen molar-refractivity contribution in [1.29, 1.82) is 0 Å². The molecule has 0 aliphatic carbocycles. The number of anilines is 2. The Kier molecular flexibility index (Phi) is 5.48. The van der Waals surface area contributed by atoms with Gasteiger partial charge in [0.05, 0.1) is 6.54 Å². The Hall–Kier alpha value is -1.89.